The van der Waals surface area contributed by atoms with E-state index in [4.69, 9.17) is 4.74 Å². The van der Waals surface area contributed by atoms with E-state index in [1.165, 1.54) is 6.08 Å². The number of anilines is 1. The molecule has 0 heterocycles. The lowest BCUT2D eigenvalue weighted by Crippen LogP contribution is -2.24. The van der Waals surface area contributed by atoms with Crippen molar-refractivity contribution in [2.45, 2.75) is 0 Å². The molecule has 0 aromatic heterocycles. The highest BCUT2D eigenvalue weighted by Crippen LogP contribution is 2.22. The van der Waals surface area contributed by atoms with Crippen LogP contribution >= 0.6 is 0 Å². The van der Waals surface area contributed by atoms with Gasteiger partial charge in [0.15, 0.2) is 9.84 Å². The van der Waals surface area contributed by atoms with Crippen molar-refractivity contribution in [3.8, 4) is 11.5 Å². The second-order valence-electron chi connectivity index (χ2n) is 4.83. The first kappa shape index (κ1) is 16.8. The molecule has 0 aliphatic carbocycles. The molecular formula is C17H17NO4S. The van der Waals surface area contributed by atoms with Gasteiger partial charge in [-0.25, -0.2) is 8.42 Å². The van der Waals surface area contributed by atoms with Crippen LogP contribution in [0, 0.1) is 0 Å². The number of benzene rings is 2. The fourth-order valence-corrected chi connectivity index (χ4v) is 2.81. The van der Waals surface area contributed by atoms with Crippen molar-refractivity contribution in [2.75, 3.05) is 16.8 Å². The van der Waals surface area contributed by atoms with Crippen LogP contribution < -0.4 is 10.1 Å². The molecule has 0 fully saturated rings. The number of carbonyl (C=O) groups is 1. The van der Waals surface area contributed by atoms with Gasteiger partial charge in [-0.1, -0.05) is 24.3 Å². The number of ether oxygens (including phenoxy) is 1. The number of para-hydroxylation sites is 1. The lowest BCUT2D eigenvalue weighted by Gasteiger charge is -2.08. The monoisotopic (exact) mass is 331 g/mol. The number of hydrogen-bond acceptors (Lipinski definition) is 4. The summed E-state index contributed by atoms with van der Waals surface area (Å²) in [4.78, 5) is 11.7. The molecule has 0 aliphatic rings. The van der Waals surface area contributed by atoms with Gasteiger partial charge in [0.2, 0.25) is 5.91 Å². The minimum atomic E-state index is -3.45. The number of carbonyl (C=O) groups excluding carboxylic acids is 1. The van der Waals surface area contributed by atoms with Gasteiger partial charge in [0.1, 0.15) is 17.3 Å². The summed E-state index contributed by atoms with van der Waals surface area (Å²) in [5.74, 6) is -0.0391. The van der Waals surface area contributed by atoms with Gasteiger partial charge in [-0.15, -0.1) is 6.58 Å². The maximum absolute atomic E-state index is 11.7. The van der Waals surface area contributed by atoms with Crippen molar-refractivity contribution in [3.05, 3.63) is 67.3 Å². The number of nitrogens with one attached hydrogen (secondary N) is 1. The molecule has 0 aliphatic heterocycles. The zero-order chi connectivity index (χ0) is 16.7. The zero-order valence-corrected chi connectivity index (χ0v) is 13.3. The molecule has 5 nitrogen and oxygen atoms in total. The molecule has 0 spiro atoms. The largest absolute Gasteiger partial charge is 0.457 e. The van der Waals surface area contributed by atoms with E-state index in [1.54, 1.807) is 24.3 Å². The Balaban J connectivity index is 1.95. The van der Waals surface area contributed by atoms with E-state index in [0.29, 0.717) is 17.2 Å². The molecule has 2 rings (SSSR count). The van der Waals surface area contributed by atoms with Gasteiger partial charge >= 0.3 is 0 Å². The first-order valence-corrected chi connectivity index (χ1v) is 8.75. The fraction of sp³-hybridized carbons (Fsp3) is 0.118. The van der Waals surface area contributed by atoms with Crippen molar-refractivity contribution in [2.24, 2.45) is 0 Å². The van der Waals surface area contributed by atoms with E-state index in [2.05, 4.69) is 11.9 Å². The maximum Gasteiger partial charge on any atom is 0.239 e. The molecular weight excluding hydrogens is 314 g/mol. The zero-order valence-electron chi connectivity index (χ0n) is 12.4. The van der Waals surface area contributed by atoms with E-state index in [9.17, 15) is 13.2 Å². The molecule has 1 N–H and O–H groups in total. The average molecular weight is 331 g/mol. The third-order valence-corrected chi connectivity index (χ3v) is 4.29. The molecule has 0 saturated heterocycles. The lowest BCUT2D eigenvalue weighted by atomic mass is 10.3. The predicted molar refractivity (Wildman–Crippen MR) is 90.4 cm³/mol. The highest BCUT2D eigenvalue weighted by Gasteiger charge is 2.15. The van der Waals surface area contributed by atoms with E-state index >= 15 is 0 Å². The Bertz CT molecular complexity index is 768. The Morgan fingerprint density at radius 3 is 2.26 bits per heavy atom. The third kappa shape index (κ3) is 5.60. The molecule has 0 saturated carbocycles. The summed E-state index contributed by atoms with van der Waals surface area (Å²) in [5, 5.41) is 2.54. The van der Waals surface area contributed by atoms with Crippen molar-refractivity contribution in [3.63, 3.8) is 0 Å². The van der Waals surface area contributed by atoms with Gasteiger partial charge in [0, 0.05) is 5.69 Å². The van der Waals surface area contributed by atoms with Crippen LogP contribution in [-0.2, 0) is 14.6 Å². The fourth-order valence-electron chi connectivity index (χ4n) is 1.87. The van der Waals surface area contributed by atoms with Crippen molar-refractivity contribution in [1.29, 1.82) is 0 Å². The maximum atomic E-state index is 11.7. The quantitative estimate of drug-likeness (QED) is 0.792. The number of hydrogen-bond donors (Lipinski definition) is 1. The first-order chi connectivity index (χ1) is 11.0. The van der Waals surface area contributed by atoms with Gasteiger partial charge < -0.3 is 10.1 Å². The van der Waals surface area contributed by atoms with Crippen LogP contribution in [0.5, 0.6) is 11.5 Å². The minimum absolute atomic E-state index is 0.218. The van der Waals surface area contributed by atoms with Crippen molar-refractivity contribution in [1.82, 2.24) is 0 Å². The molecule has 6 heteroatoms. The van der Waals surface area contributed by atoms with Crippen molar-refractivity contribution < 1.29 is 17.9 Å². The van der Waals surface area contributed by atoms with E-state index < -0.39 is 21.5 Å². The summed E-state index contributed by atoms with van der Waals surface area (Å²) < 4.78 is 28.7. The molecule has 120 valence electrons. The molecule has 0 unspecified atom stereocenters. The normalized spacial score (nSPS) is 10.8. The molecule has 2 aromatic rings. The molecule has 23 heavy (non-hydrogen) atoms. The molecule has 1 amide bonds. The Morgan fingerprint density at radius 2 is 1.65 bits per heavy atom. The summed E-state index contributed by atoms with van der Waals surface area (Å²) in [6, 6.07) is 16.0. The highest BCUT2D eigenvalue weighted by molar-refractivity contribution is 7.92. The summed E-state index contributed by atoms with van der Waals surface area (Å²) >= 11 is 0. The summed E-state index contributed by atoms with van der Waals surface area (Å²) in [6.45, 7) is 3.36. The predicted octanol–water partition coefficient (Wildman–Crippen LogP) is 3.02. The molecule has 0 atom stereocenters. The van der Waals surface area contributed by atoms with Gasteiger partial charge in [0.05, 0.1) is 5.75 Å². The molecule has 0 bridgehead atoms. The lowest BCUT2D eigenvalue weighted by molar-refractivity contribution is -0.113. The van der Waals surface area contributed by atoms with Crippen LogP contribution in [0.15, 0.2) is 67.3 Å². The smallest absolute Gasteiger partial charge is 0.239 e. The number of rotatable bonds is 7. The van der Waals surface area contributed by atoms with Crippen LogP contribution in [0.4, 0.5) is 5.69 Å². The van der Waals surface area contributed by atoms with E-state index in [1.807, 2.05) is 30.3 Å². The van der Waals surface area contributed by atoms with Crippen LogP contribution in [0.3, 0.4) is 0 Å². The Labute approximate surface area is 135 Å². The summed E-state index contributed by atoms with van der Waals surface area (Å²) in [7, 11) is -3.45. The Morgan fingerprint density at radius 1 is 1.04 bits per heavy atom. The summed E-state index contributed by atoms with van der Waals surface area (Å²) in [5.41, 5.74) is 0.504. The second-order valence-corrected chi connectivity index (χ2v) is 6.94. The number of sulfone groups is 1. The van der Waals surface area contributed by atoms with Crippen LogP contribution in [0.2, 0.25) is 0 Å². The average Bonchev–Trinajstić information content (AvgIpc) is 2.49. The number of amides is 1. The van der Waals surface area contributed by atoms with Gasteiger partial charge in [0.25, 0.3) is 0 Å². The van der Waals surface area contributed by atoms with Crippen LogP contribution in [0.25, 0.3) is 0 Å². The van der Waals surface area contributed by atoms with E-state index in [0.717, 1.165) is 0 Å². The highest BCUT2D eigenvalue weighted by atomic mass is 32.2. The SMILES string of the molecule is C=CCS(=O)(=O)CC(=O)Nc1ccc(Oc2ccccc2)cc1. The van der Waals surface area contributed by atoms with Crippen LogP contribution in [-0.4, -0.2) is 25.8 Å². The Hall–Kier alpha value is -2.60. The first-order valence-electron chi connectivity index (χ1n) is 6.93. The van der Waals surface area contributed by atoms with Gasteiger partial charge in [-0.3, -0.25) is 4.79 Å². The Kier molecular flexibility index (Phi) is 5.54. The van der Waals surface area contributed by atoms with Crippen LogP contribution in [0.1, 0.15) is 0 Å². The molecule has 2 aromatic carbocycles. The van der Waals surface area contributed by atoms with E-state index in [-0.39, 0.29) is 5.75 Å². The standard InChI is InChI=1S/C17H17NO4S/c1-2-12-23(20,21)13-17(19)18-14-8-10-16(11-9-14)22-15-6-4-3-5-7-15/h2-11H,1,12-13H2,(H,18,19). The third-order valence-electron chi connectivity index (χ3n) is 2.84. The minimum Gasteiger partial charge on any atom is -0.457 e. The topological polar surface area (TPSA) is 72.5 Å². The summed E-state index contributed by atoms with van der Waals surface area (Å²) in [6.07, 6.45) is 1.26. The van der Waals surface area contributed by atoms with Gasteiger partial charge in [-0.2, -0.15) is 0 Å². The van der Waals surface area contributed by atoms with Crippen molar-refractivity contribution >= 4 is 21.4 Å². The second kappa shape index (κ2) is 7.60. The molecule has 0 radical (unpaired) electrons. The van der Waals surface area contributed by atoms with Gasteiger partial charge in [-0.05, 0) is 36.4 Å².